The third-order valence-corrected chi connectivity index (χ3v) is 6.02. The fraction of sp³-hybridized carbons (Fsp3) is 0.409. The number of carbonyl (C=O) groups excluding carboxylic acids is 1. The van der Waals surface area contributed by atoms with E-state index >= 15 is 0 Å². The lowest BCUT2D eigenvalue weighted by molar-refractivity contribution is -0.119. The van der Waals surface area contributed by atoms with E-state index in [1.807, 2.05) is 37.4 Å². The van der Waals surface area contributed by atoms with Gasteiger partial charge in [-0.3, -0.25) is 4.79 Å². The van der Waals surface area contributed by atoms with Gasteiger partial charge in [-0.2, -0.15) is 0 Å². The van der Waals surface area contributed by atoms with Gasteiger partial charge in [-0.1, -0.05) is 17.7 Å². The summed E-state index contributed by atoms with van der Waals surface area (Å²) >= 11 is 5.93. The molecule has 2 aromatic rings. The molecule has 142 valence electrons. The van der Waals surface area contributed by atoms with Crippen LogP contribution in [0.15, 0.2) is 42.5 Å². The third-order valence-electron chi connectivity index (χ3n) is 5.77. The Labute approximate surface area is 165 Å². The van der Waals surface area contributed by atoms with Crippen molar-refractivity contribution in [2.45, 2.75) is 38.0 Å². The van der Waals surface area contributed by atoms with Crippen LogP contribution in [-0.2, 0) is 4.79 Å². The van der Waals surface area contributed by atoms with E-state index in [0.717, 1.165) is 42.9 Å². The molecular weight excluding hydrogens is 362 g/mol. The summed E-state index contributed by atoms with van der Waals surface area (Å²) in [5.41, 5.74) is 2.21. The molecule has 0 atom stereocenters. The smallest absolute Gasteiger partial charge is 0.231 e. The van der Waals surface area contributed by atoms with Crippen molar-refractivity contribution in [1.82, 2.24) is 0 Å². The van der Waals surface area contributed by atoms with Crippen LogP contribution in [0.1, 0.15) is 43.6 Å². The molecule has 27 heavy (non-hydrogen) atoms. The van der Waals surface area contributed by atoms with Crippen LogP contribution >= 0.6 is 11.6 Å². The molecular formula is C22H24ClNO3. The van der Waals surface area contributed by atoms with E-state index in [1.54, 1.807) is 4.90 Å². The molecule has 0 unspecified atom stereocenters. The lowest BCUT2D eigenvalue weighted by Gasteiger charge is -2.29. The molecule has 5 heteroatoms. The zero-order chi connectivity index (χ0) is 18.8. The molecule has 1 aliphatic carbocycles. The molecule has 1 fully saturated rings. The van der Waals surface area contributed by atoms with Crippen molar-refractivity contribution < 1.29 is 14.3 Å². The van der Waals surface area contributed by atoms with Gasteiger partial charge < -0.3 is 14.4 Å². The average molecular weight is 386 g/mol. The number of ether oxygens (including phenoxy) is 2. The van der Waals surface area contributed by atoms with E-state index in [4.69, 9.17) is 21.1 Å². The highest BCUT2D eigenvalue weighted by molar-refractivity contribution is 6.30. The van der Waals surface area contributed by atoms with Gasteiger partial charge in [0.25, 0.3) is 0 Å². The first-order valence-electron chi connectivity index (χ1n) is 9.52. The minimum Gasteiger partial charge on any atom is -0.454 e. The molecule has 1 saturated carbocycles. The lowest BCUT2D eigenvalue weighted by Crippen LogP contribution is -2.29. The first-order chi connectivity index (χ1) is 13.1. The molecule has 2 aromatic carbocycles. The SMILES string of the molecule is CN(C(=O)CC1CCC(c2ccc3c(c2)OCO3)CC1)c1ccc(Cl)cc1. The van der Waals surface area contributed by atoms with Crippen LogP contribution in [0.5, 0.6) is 11.5 Å². The predicted octanol–water partition coefficient (Wildman–Crippen LogP) is 5.40. The monoisotopic (exact) mass is 385 g/mol. The fourth-order valence-electron chi connectivity index (χ4n) is 4.06. The number of hydrogen-bond acceptors (Lipinski definition) is 3. The van der Waals surface area contributed by atoms with Crippen LogP contribution < -0.4 is 14.4 Å². The fourth-order valence-corrected chi connectivity index (χ4v) is 4.19. The van der Waals surface area contributed by atoms with Crippen LogP contribution in [0.3, 0.4) is 0 Å². The van der Waals surface area contributed by atoms with E-state index in [2.05, 4.69) is 12.1 Å². The van der Waals surface area contributed by atoms with Crippen molar-refractivity contribution in [3.63, 3.8) is 0 Å². The van der Waals surface area contributed by atoms with Gasteiger partial charge in [0.05, 0.1) is 0 Å². The molecule has 0 bridgehead atoms. The molecule has 0 aromatic heterocycles. The lowest BCUT2D eigenvalue weighted by atomic mass is 9.77. The highest BCUT2D eigenvalue weighted by Gasteiger charge is 2.26. The van der Waals surface area contributed by atoms with Crippen LogP contribution in [0.25, 0.3) is 0 Å². The Balaban J connectivity index is 1.31. The first kappa shape index (κ1) is 18.2. The highest BCUT2D eigenvalue weighted by atomic mass is 35.5. The van der Waals surface area contributed by atoms with Crippen molar-refractivity contribution in [2.24, 2.45) is 5.92 Å². The van der Waals surface area contributed by atoms with Gasteiger partial charge in [-0.25, -0.2) is 0 Å². The van der Waals surface area contributed by atoms with Crippen molar-refractivity contribution >= 4 is 23.2 Å². The first-order valence-corrected chi connectivity index (χ1v) is 9.89. The summed E-state index contributed by atoms with van der Waals surface area (Å²) in [4.78, 5) is 14.4. The number of hydrogen-bond donors (Lipinski definition) is 0. The van der Waals surface area contributed by atoms with Gasteiger partial charge in [0.2, 0.25) is 12.7 Å². The van der Waals surface area contributed by atoms with E-state index in [1.165, 1.54) is 5.56 Å². The van der Waals surface area contributed by atoms with Crippen molar-refractivity contribution in [3.8, 4) is 11.5 Å². The number of fused-ring (bicyclic) bond motifs is 1. The van der Waals surface area contributed by atoms with Crippen molar-refractivity contribution in [2.75, 3.05) is 18.7 Å². The Morgan fingerprint density at radius 1 is 1.04 bits per heavy atom. The molecule has 0 radical (unpaired) electrons. The average Bonchev–Trinajstić information content (AvgIpc) is 3.16. The van der Waals surface area contributed by atoms with Gasteiger partial charge >= 0.3 is 0 Å². The number of carbonyl (C=O) groups is 1. The summed E-state index contributed by atoms with van der Waals surface area (Å²) in [6.07, 6.45) is 5.00. The molecule has 0 spiro atoms. The molecule has 4 rings (SSSR count). The number of benzene rings is 2. The number of amides is 1. The Morgan fingerprint density at radius 3 is 2.48 bits per heavy atom. The molecule has 0 saturated heterocycles. The van der Waals surface area contributed by atoms with Crippen LogP contribution in [0.2, 0.25) is 5.02 Å². The molecule has 1 heterocycles. The maximum atomic E-state index is 12.6. The van der Waals surface area contributed by atoms with Crippen molar-refractivity contribution in [1.29, 1.82) is 0 Å². The summed E-state index contributed by atoms with van der Waals surface area (Å²) < 4.78 is 10.9. The quantitative estimate of drug-likeness (QED) is 0.707. The Morgan fingerprint density at radius 2 is 1.74 bits per heavy atom. The molecule has 0 N–H and O–H groups in total. The van der Waals surface area contributed by atoms with Crippen molar-refractivity contribution in [3.05, 3.63) is 53.1 Å². The highest BCUT2D eigenvalue weighted by Crippen LogP contribution is 2.41. The summed E-state index contributed by atoms with van der Waals surface area (Å²) in [7, 11) is 1.84. The van der Waals surface area contributed by atoms with E-state index in [9.17, 15) is 4.79 Å². The van der Waals surface area contributed by atoms with Gasteiger partial charge in [0, 0.05) is 24.2 Å². The third kappa shape index (κ3) is 4.06. The summed E-state index contributed by atoms with van der Waals surface area (Å²) in [5.74, 6) is 2.86. The second kappa shape index (κ2) is 7.81. The van der Waals surface area contributed by atoms with Gasteiger partial charge in [-0.15, -0.1) is 0 Å². The number of rotatable bonds is 4. The maximum absolute atomic E-state index is 12.6. The van der Waals surface area contributed by atoms with E-state index < -0.39 is 0 Å². The minimum atomic E-state index is 0.170. The second-order valence-corrected chi connectivity index (χ2v) is 7.90. The minimum absolute atomic E-state index is 0.170. The van der Waals surface area contributed by atoms with Gasteiger partial charge in [0.1, 0.15) is 0 Å². The van der Waals surface area contributed by atoms with Gasteiger partial charge in [0.15, 0.2) is 11.5 Å². The topological polar surface area (TPSA) is 38.8 Å². The Bertz CT molecular complexity index is 813. The maximum Gasteiger partial charge on any atom is 0.231 e. The summed E-state index contributed by atoms with van der Waals surface area (Å²) in [5, 5.41) is 0.682. The van der Waals surface area contributed by atoms with E-state index in [0.29, 0.717) is 30.1 Å². The molecule has 1 aliphatic heterocycles. The predicted molar refractivity (Wildman–Crippen MR) is 107 cm³/mol. The summed E-state index contributed by atoms with van der Waals surface area (Å²) in [6.45, 7) is 0.314. The summed E-state index contributed by atoms with van der Waals surface area (Å²) in [6, 6.07) is 13.7. The van der Waals surface area contributed by atoms with Crippen LogP contribution in [-0.4, -0.2) is 19.7 Å². The second-order valence-electron chi connectivity index (χ2n) is 7.46. The van der Waals surface area contributed by atoms with Gasteiger partial charge in [-0.05, 0) is 79.5 Å². The number of anilines is 1. The zero-order valence-corrected chi connectivity index (χ0v) is 16.2. The van der Waals surface area contributed by atoms with E-state index in [-0.39, 0.29) is 5.91 Å². The zero-order valence-electron chi connectivity index (χ0n) is 15.5. The standard InChI is InChI=1S/C22H24ClNO3/c1-24(19-9-7-18(23)8-10-19)22(25)12-15-2-4-16(5-3-15)17-6-11-20-21(13-17)27-14-26-20/h6-11,13,15-16H,2-5,12,14H2,1H3. The Hall–Kier alpha value is -2.20. The Kier molecular flexibility index (Phi) is 5.26. The normalized spacial score (nSPS) is 21.1. The molecule has 4 nitrogen and oxygen atoms in total. The molecule has 1 amide bonds. The van der Waals surface area contributed by atoms with Crippen LogP contribution in [0, 0.1) is 5.92 Å². The number of halogens is 1. The number of nitrogens with zero attached hydrogens (tertiary/aromatic N) is 1. The largest absolute Gasteiger partial charge is 0.454 e. The molecule has 2 aliphatic rings. The van der Waals surface area contributed by atoms with Crippen LogP contribution in [0.4, 0.5) is 5.69 Å².